The van der Waals surface area contributed by atoms with Gasteiger partial charge in [-0.1, -0.05) is 17.7 Å². The fourth-order valence-electron chi connectivity index (χ4n) is 2.90. The van der Waals surface area contributed by atoms with Crippen molar-refractivity contribution in [2.24, 2.45) is 0 Å². The van der Waals surface area contributed by atoms with E-state index in [-0.39, 0.29) is 18.4 Å². The van der Waals surface area contributed by atoms with Gasteiger partial charge >= 0.3 is 6.18 Å². The Balaban J connectivity index is 0.00000225. The van der Waals surface area contributed by atoms with Gasteiger partial charge < -0.3 is 5.32 Å². The zero-order chi connectivity index (χ0) is 17.3. The van der Waals surface area contributed by atoms with E-state index in [1.165, 1.54) is 17.4 Å². The van der Waals surface area contributed by atoms with Gasteiger partial charge in [0.1, 0.15) is 5.82 Å². The lowest BCUT2D eigenvalue weighted by atomic mass is 10.0. The van der Waals surface area contributed by atoms with Crippen molar-refractivity contribution in [3.63, 3.8) is 0 Å². The number of nitrogens with zero attached hydrogens (tertiary/aromatic N) is 1. The molecule has 1 aliphatic heterocycles. The highest BCUT2D eigenvalue weighted by Crippen LogP contribution is 2.38. The Morgan fingerprint density at radius 1 is 1.12 bits per heavy atom. The average Bonchev–Trinajstić information content (AvgIpc) is 2.93. The molecule has 1 aromatic heterocycles. The number of thiophene rings is 1. The van der Waals surface area contributed by atoms with Crippen molar-refractivity contribution in [2.75, 3.05) is 26.2 Å². The van der Waals surface area contributed by atoms with Gasteiger partial charge in [0.2, 0.25) is 0 Å². The molecule has 1 fully saturated rings. The Kier molecular flexibility index (Phi) is 6.73. The third-order valence-electron chi connectivity index (χ3n) is 3.99. The van der Waals surface area contributed by atoms with Crippen molar-refractivity contribution in [3.8, 4) is 0 Å². The molecule has 0 amide bonds. The Hall–Kier alpha value is -0.860. The number of hydrogen-bond acceptors (Lipinski definition) is 3. The van der Waals surface area contributed by atoms with E-state index in [0.717, 1.165) is 43.2 Å². The number of benzene rings is 1. The quantitative estimate of drug-likeness (QED) is 0.712. The Morgan fingerprint density at radius 2 is 1.80 bits per heavy atom. The van der Waals surface area contributed by atoms with E-state index in [1.54, 1.807) is 6.07 Å². The molecule has 0 bridgehead atoms. The predicted molar refractivity (Wildman–Crippen MR) is 94.3 cm³/mol. The van der Waals surface area contributed by atoms with Crippen LogP contribution in [-0.4, -0.2) is 31.1 Å². The fraction of sp³-hybridized carbons (Fsp3) is 0.375. The van der Waals surface area contributed by atoms with Gasteiger partial charge in [-0.2, -0.15) is 13.2 Å². The van der Waals surface area contributed by atoms with E-state index < -0.39 is 17.6 Å². The molecule has 1 N–H and O–H groups in total. The maximum atomic E-state index is 14.0. The van der Waals surface area contributed by atoms with Crippen molar-refractivity contribution < 1.29 is 17.6 Å². The second-order valence-corrected chi connectivity index (χ2v) is 7.31. The predicted octanol–water partition coefficient (Wildman–Crippen LogP) is 4.98. The highest BCUT2D eigenvalue weighted by Gasteiger charge is 2.35. The molecule has 0 saturated carbocycles. The first-order valence-corrected chi connectivity index (χ1v) is 8.62. The molecular formula is C16H16Cl2F4N2S. The summed E-state index contributed by atoms with van der Waals surface area (Å²) in [6, 6.07) is 6.44. The molecule has 1 aliphatic rings. The number of nitrogens with one attached hydrogen (secondary N) is 1. The van der Waals surface area contributed by atoms with Crippen molar-refractivity contribution in [3.05, 3.63) is 56.5 Å². The minimum atomic E-state index is -4.70. The molecule has 0 unspecified atom stereocenters. The first kappa shape index (κ1) is 20.5. The van der Waals surface area contributed by atoms with Gasteiger partial charge in [0.15, 0.2) is 0 Å². The van der Waals surface area contributed by atoms with E-state index in [1.807, 2.05) is 6.07 Å². The topological polar surface area (TPSA) is 15.3 Å². The van der Waals surface area contributed by atoms with E-state index in [4.69, 9.17) is 11.6 Å². The zero-order valence-electron chi connectivity index (χ0n) is 12.9. The minimum Gasteiger partial charge on any atom is -0.314 e. The van der Waals surface area contributed by atoms with Crippen LogP contribution in [0.1, 0.15) is 22.0 Å². The van der Waals surface area contributed by atoms with Gasteiger partial charge in [-0.15, -0.1) is 23.7 Å². The van der Waals surface area contributed by atoms with E-state index in [9.17, 15) is 17.6 Å². The molecule has 2 aromatic rings. The van der Waals surface area contributed by atoms with Crippen LogP contribution in [0.2, 0.25) is 4.34 Å². The highest BCUT2D eigenvalue weighted by molar-refractivity contribution is 7.16. The molecule has 1 saturated heterocycles. The van der Waals surface area contributed by atoms with Crippen LogP contribution < -0.4 is 5.32 Å². The van der Waals surface area contributed by atoms with Crippen LogP contribution >= 0.6 is 35.3 Å². The van der Waals surface area contributed by atoms with Crippen LogP contribution in [0.4, 0.5) is 17.6 Å². The first-order chi connectivity index (χ1) is 11.4. The Labute approximate surface area is 158 Å². The summed E-state index contributed by atoms with van der Waals surface area (Å²) >= 11 is 7.37. The molecular weight excluding hydrogens is 399 g/mol. The molecule has 25 heavy (non-hydrogen) atoms. The third-order valence-corrected chi connectivity index (χ3v) is 5.28. The van der Waals surface area contributed by atoms with Crippen molar-refractivity contribution in [1.82, 2.24) is 10.2 Å². The largest absolute Gasteiger partial charge is 0.419 e. The van der Waals surface area contributed by atoms with Gasteiger partial charge in [-0.3, -0.25) is 4.90 Å². The highest BCUT2D eigenvalue weighted by atomic mass is 35.5. The van der Waals surface area contributed by atoms with Crippen LogP contribution in [0.25, 0.3) is 0 Å². The molecule has 0 spiro atoms. The van der Waals surface area contributed by atoms with Gasteiger partial charge in [0, 0.05) is 31.1 Å². The summed E-state index contributed by atoms with van der Waals surface area (Å²) in [7, 11) is 0. The monoisotopic (exact) mass is 414 g/mol. The lowest BCUT2D eigenvalue weighted by Crippen LogP contribution is -2.45. The van der Waals surface area contributed by atoms with Crippen LogP contribution in [0.3, 0.4) is 0 Å². The number of rotatable bonds is 3. The number of piperazine rings is 1. The molecule has 138 valence electrons. The number of hydrogen-bond donors (Lipinski definition) is 1. The first-order valence-electron chi connectivity index (χ1n) is 7.43. The molecule has 1 atom stereocenters. The van der Waals surface area contributed by atoms with Gasteiger partial charge in [-0.25, -0.2) is 4.39 Å². The summed E-state index contributed by atoms with van der Waals surface area (Å²) in [5.41, 5.74) is -0.740. The minimum absolute atomic E-state index is 0. The summed E-state index contributed by atoms with van der Waals surface area (Å²) in [6.07, 6.45) is -4.70. The molecule has 3 rings (SSSR count). The van der Waals surface area contributed by atoms with Crippen molar-refractivity contribution in [1.29, 1.82) is 0 Å². The van der Waals surface area contributed by atoms with Gasteiger partial charge in [0.25, 0.3) is 0 Å². The average molecular weight is 415 g/mol. The van der Waals surface area contributed by atoms with Crippen LogP contribution in [-0.2, 0) is 6.18 Å². The second kappa shape index (κ2) is 8.22. The lowest BCUT2D eigenvalue weighted by Gasteiger charge is -2.35. The maximum absolute atomic E-state index is 14.0. The molecule has 9 heteroatoms. The molecule has 2 nitrogen and oxygen atoms in total. The molecule has 1 aromatic carbocycles. The normalized spacial score (nSPS) is 17.2. The lowest BCUT2D eigenvalue weighted by molar-refractivity contribution is -0.140. The van der Waals surface area contributed by atoms with Gasteiger partial charge in [0.05, 0.1) is 15.9 Å². The number of alkyl halides is 3. The SMILES string of the molecule is Cl.Fc1cc([C@@H](c2ccc(Cl)s2)N2CCNCC2)ccc1C(F)(F)F. The van der Waals surface area contributed by atoms with Crippen molar-refractivity contribution in [2.45, 2.75) is 12.2 Å². The molecule has 2 heterocycles. The van der Waals surface area contributed by atoms with Crippen LogP contribution in [0.5, 0.6) is 0 Å². The fourth-order valence-corrected chi connectivity index (χ4v) is 4.13. The summed E-state index contributed by atoms with van der Waals surface area (Å²) in [5.74, 6) is -1.25. The Bertz CT molecular complexity index is 714. The standard InChI is InChI=1S/C16H15ClF4N2S.ClH/c17-14-4-3-13(24-14)15(23-7-5-22-6-8-23)10-1-2-11(12(18)9-10)16(19,20)21;/h1-4,9,15,22H,5-8H2;1H/t15-;/m0./s1. The van der Waals surface area contributed by atoms with Crippen LogP contribution in [0, 0.1) is 5.82 Å². The van der Waals surface area contributed by atoms with Crippen LogP contribution in [0.15, 0.2) is 30.3 Å². The third kappa shape index (κ3) is 4.65. The van der Waals surface area contributed by atoms with E-state index in [0.29, 0.717) is 9.90 Å². The maximum Gasteiger partial charge on any atom is 0.419 e. The second-order valence-electron chi connectivity index (χ2n) is 5.57. The van der Waals surface area contributed by atoms with Gasteiger partial charge in [-0.05, 0) is 29.8 Å². The zero-order valence-corrected chi connectivity index (χ0v) is 15.3. The van der Waals surface area contributed by atoms with E-state index >= 15 is 0 Å². The Morgan fingerprint density at radius 3 is 2.32 bits per heavy atom. The summed E-state index contributed by atoms with van der Waals surface area (Å²) in [5, 5.41) is 3.23. The summed E-state index contributed by atoms with van der Waals surface area (Å²) in [4.78, 5) is 3.02. The summed E-state index contributed by atoms with van der Waals surface area (Å²) in [6.45, 7) is 3.00. The smallest absolute Gasteiger partial charge is 0.314 e. The molecule has 0 aliphatic carbocycles. The van der Waals surface area contributed by atoms with E-state index in [2.05, 4.69) is 10.2 Å². The summed E-state index contributed by atoms with van der Waals surface area (Å²) < 4.78 is 53.0. The van der Waals surface area contributed by atoms with Crippen molar-refractivity contribution >= 4 is 35.3 Å². The molecule has 0 radical (unpaired) electrons. The number of halogens is 6.